The highest BCUT2D eigenvalue weighted by Crippen LogP contribution is 2.39. The first-order valence-electron chi connectivity index (χ1n) is 9.83. The molecule has 1 N–H and O–H groups in total. The number of anilines is 1. The summed E-state index contributed by atoms with van der Waals surface area (Å²) in [5.41, 5.74) is 2.89. The Kier molecular flexibility index (Phi) is 6.44. The molecule has 5 nitrogen and oxygen atoms in total. The Hall–Kier alpha value is -3.12. The monoisotopic (exact) mass is 420 g/mol. The van der Waals surface area contributed by atoms with E-state index in [1.165, 1.54) is 0 Å². The standard InChI is InChI=1S/C24H24N2O3S/c1-28-22-10-6-5-9-21(22)25-24(27)26-15-16-30-23(26)19-11-13-20(14-12-19)29-17-18-7-3-2-4-8-18/h2-14,23H,15-17H2,1H3,(H,25,27)/t23-/m1/s1. The summed E-state index contributed by atoms with van der Waals surface area (Å²) in [6.07, 6.45) is 0. The van der Waals surface area contributed by atoms with Crippen molar-refractivity contribution in [3.8, 4) is 11.5 Å². The molecule has 0 aromatic heterocycles. The zero-order valence-electron chi connectivity index (χ0n) is 16.8. The van der Waals surface area contributed by atoms with Crippen LogP contribution in [-0.2, 0) is 6.61 Å². The molecule has 0 spiro atoms. The van der Waals surface area contributed by atoms with Crippen LogP contribution in [0.3, 0.4) is 0 Å². The van der Waals surface area contributed by atoms with Crippen LogP contribution >= 0.6 is 11.8 Å². The highest BCUT2D eigenvalue weighted by molar-refractivity contribution is 7.99. The van der Waals surface area contributed by atoms with Gasteiger partial charge in [0.15, 0.2) is 0 Å². The van der Waals surface area contributed by atoms with Crippen LogP contribution < -0.4 is 14.8 Å². The number of nitrogens with one attached hydrogen (secondary N) is 1. The predicted molar refractivity (Wildman–Crippen MR) is 121 cm³/mol. The molecule has 1 heterocycles. The molecule has 1 atom stereocenters. The van der Waals surface area contributed by atoms with Crippen LogP contribution in [0.5, 0.6) is 11.5 Å². The number of methoxy groups -OCH3 is 1. The fourth-order valence-electron chi connectivity index (χ4n) is 3.36. The molecule has 1 aliphatic heterocycles. The van der Waals surface area contributed by atoms with E-state index in [4.69, 9.17) is 9.47 Å². The Morgan fingerprint density at radius 2 is 1.77 bits per heavy atom. The highest BCUT2D eigenvalue weighted by atomic mass is 32.2. The molecule has 0 aliphatic carbocycles. The fraction of sp³-hybridized carbons (Fsp3) is 0.208. The Labute approximate surface area is 181 Å². The van der Waals surface area contributed by atoms with E-state index in [-0.39, 0.29) is 11.4 Å². The Balaban J connectivity index is 1.41. The van der Waals surface area contributed by atoms with Gasteiger partial charge in [0.05, 0.1) is 12.8 Å². The van der Waals surface area contributed by atoms with Crippen molar-refractivity contribution in [2.75, 3.05) is 24.7 Å². The number of amides is 2. The number of carbonyl (C=O) groups excluding carboxylic acids is 1. The number of thioether (sulfide) groups is 1. The number of hydrogen-bond acceptors (Lipinski definition) is 4. The van der Waals surface area contributed by atoms with Gasteiger partial charge in [-0.05, 0) is 35.4 Å². The smallest absolute Gasteiger partial charge is 0.323 e. The summed E-state index contributed by atoms with van der Waals surface area (Å²) in [5, 5.41) is 2.95. The minimum Gasteiger partial charge on any atom is -0.495 e. The van der Waals surface area contributed by atoms with Gasteiger partial charge in [0.1, 0.15) is 23.5 Å². The minimum absolute atomic E-state index is 0.0251. The van der Waals surface area contributed by atoms with E-state index in [1.54, 1.807) is 18.9 Å². The SMILES string of the molecule is COc1ccccc1NC(=O)N1CCS[C@@H]1c1ccc(OCc2ccccc2)cc1. The molecule has 154 valence electrons. The summed E-state index contributed by atoms with van der Waals surface area (Å²) in [5.74, 6) is 2.36. The maximum absolute atomic E-state index is 12.9. The van der Waals surface area contributed by atoms with E-state index in [9.17, 15) is 4.79 Å². The zero-order valence-corrected chi connectivity index (χ0v) is 17.6. The molecule has 3 aromatic carbocycles. The van der Waals surface area contributed by atoms with Crippen molar-refractivity contribution in [1.82, 2.24) is 4.90 Å². The summed E-state index contributed by atoms with van der Waals surface area (Å²) in [4.78, 5) is 14.8. The second-order valence-corrected chi connectivity index (χ2v) is 8.08. The van der Waals surface area contributed by atoms with E-state index in [2.05, 4.69) is 5.32 Å². The Morgan fingerprint density at radius 3 is 2.53 bits per heavy atom. The molecule has 0 saturated carbocycles. The first-order valence-corrected chi connectivity index (χ1v) is 10.9. The number of carbonyl (C=O) groups is 1. The van der Waals surface area contributed by atoms with Gasteiger partial charge in [-0.2, -0.15) is 0 Å². The molecule has 30 heavy (non-hydrogen) atoms. The first kappa shape index (κ1) is 20.2. The van der Waals surface area contributed by atoms with Crippen molar-refractivity contribution in [3.05, 3.63) is 90.0 Å². The lowest BCUT2D eigenvalue weighted by Crippen LogP contribution is -2.34. The van der Waals surface area contributed by atoms with E-state index in [0.717, 1.165) is 22.6 Å². The van der Waals surface area contributed by atoms with E-state index >= 15 is 0 Å². The second kappa shape index (κ2) is 9.59. The van der Waals surface area contributed by atoms with Gasteiger partial charge in [-0.15, -0.1) is 11.8 Å². The number of nitrogens with zero attached hydrogens (tertiary/aromatic N) is 1. The molecular weight excluding hydrogens is 396 g/mol. The molecule has 1 saturated heterocycles. The zero-order chi connectivity index (χ0) is 20.8. The van der Waals surface area contributed by atoms with Crippen molar-refractivity contribution < 1.29 is 14.3 Å². The van der Waals surface area contributed by atoms with Crippen molar-refractivity contribution in [2.24, 2.45) is 0 Å². The minimum atomic E-state index is -0.126. The molecule has 0 radical (unpaired) electrons. The lowest BCUT2D eigenvalue weighted by Gasteiger charge is -2.25. The van der Waals surface area contributed by atoms with Gasteiger partial charge in [0.25, 0.3) is 0 Å². The summed E-state index contributed by atoms with van der Waals surface area (Å²) < 4.78 is 11.2. The second-order valence-electron chi connectivity index (χ2n) is 6.89. The topological polar surface area (TPSA) is 50.8 Å². The largest absolute Gasteiger partial charge is 0.495 e. The van der Waals surface area contributed by atoms with E-state index in [1.807, 2.05) is 83.8 Å². The van der Waals surface area contributed by atoms with Gasteiger partial charge in [0, 0.05) is 12.3 Å². The number of benzene rings is 3. The third-order valence-electron chi connectivity index (χ3n) is 4.91. The first-order chi connectivity index (χ1) is 14.7. The summed E-state index contributed by atoms with van der Waals surface area (Å²) in [7, 11) is 1.60. The Bertz CT molecular complexity index is 979. The van der Waals surface area contributed by atoms with Gasteiger partial charge in [0.2, 0.25) is 0 Å². The van der Waals surface area contributed by atoms with E-state index < -0.39 is 0 Å². The van der Waals surface area contributed by atoms with Crippen molar-refractivity contribution in [2.45, 2.75) is 12.0 Å². The molecule has 6 heteroatoms. The van der Waals surface area contributed by atoms with Crippen molar-refractivity contribution in [3.63, 3.8) is 0 Å². The summed E-state index contributed by atoms with van der Waals surface area (Å²) >= 11 is 1.76. The number of urea groups is 1. The average molecular weight is 421 g/mol. The molecule has 1 fully saturated rings. The third kappa shape index (κ3) is 4.71. The number of rotatable bonds is 6. The quantitative estimate of drug-likeness (QED) is 0.568. The van der Waals surface area contributed by atoms with Gasteiger partial charge >= 0.3 is 6.03 Å². The number of hydrogen-bond donors (Lipinski definition) is 1. The van der Waals surface area contributed by atoms with Crippen LogP contribution in [0.15, 0.2) is 78.9 Å². The molecule has 4 rings (SSSR count). The Morgan fingerprint density at radius 1 is 1.03 bits per heavy atom. The molecule has 1 aliphatic rings. The third-order valence-corrected chi connectivity index (χ3v) is 6.17. The number of para-hydroxylation sites is 2. The van der Waals surface area contributed by atoms with Gasteiger partial charge in [-0.3, -0.25) is 0 Å². The average Bonchev–Trinajstić information content (AvgIpc) is 3.29. The van der Waals surface area contributed by atoms with Crippen molar-refractivity contribution >= 4 is 23.5 Å². The highest BCUT2D eigenvalue weighted by Gasteiger charge is 2.31. The van der Waals surface area contributed by atoms with Crippen LogP contribution in [0.1, 0.15) is 16.5 Å². The van der Waals surface area contributed by atoms with Crippen LogP contribution in [0.4, 0.5) is 10.5 Å². The van der Waals surface area contributed by atoms with Crippen molar-refractivity contribution in [1.29, 1.82) is 0 Å². The molecule has 2 amide bonds. The maximum Gasteiger partial charge on any atom is 0.323 e. The number of ether oxygens (including phenoxy) is 2. The van der Waals surface area contributed by atoms with Crippen LogP contribution in [0, 0.1) is 0 Å². The maximum atomic E-state index is 12.9. The molecule has 0 unspecified atom stereocenters. The van der Waals surface area contributed by atoms with Crippen LogP contribution in [0.25, 0.3) is 0 Å². The lowest BCUT2D eigenvalue weighted by atomic mass is 10.2. The summed E-state index contributed by atoms with van der Waals surface area (Å²) in [6.45, 7) is 1.23. The summed E-state index contributed by atoms with van der Waals surface area (Å²) in [6, 6.07) is 25.4. The predicted octanol–water partition coefficient (Wildman–Crippen LogP) is 5.55. The van der Waals surface area contributed by atoms with Gasteiger partial charge < -0.3 is 19.7 Å². The molecule has 0 bridgehead atoms. The lowest BCUT2D eigenvalue weighted by molar-refractivity contribution is 0.214. The normalized spacial score (nSPS) is 15.6. The molecular formula is C24H24N2O3S. The van der Waals surface area contributed by atoms with Crippen LogP contribution in [-0.4, -0.2) is 30.3 Å². The van der Waals surface area contributed by atoms with Crippen LogP contribution in [0.2, 0.25) is 0 Å². The molecule has 3 aromatic rings. The fourth-order valence-corrected chi connectivity index (χ4v) is 4.61. The van der Waals surface area contributed by atoms with E-state index in [0.29, 0.717) is 24.6 Å². The van der Waals surface area contributed by atoms with Gasteiger partial charge in [-0.25, -0.2) is 4.79 Å². The van der Waals surface area contributed by atoms with Gasteiger partial charge in [-0.1, -0.05) is 54.6 Å².